The number of ether oxygens (including phenoxy) is 2. The first kappa shape index (κ1) is 11.8. The number of methoxy groups -OCH3 is 1. The predicted octanol–water partition coefficient (Wildman–Crippen LogP) is 2.89. The summed E-state index contributed by atoms with van der Waals surface area (Å²) in [5.74, 6) is 2.21. The summed E-state index contributed by atoms with van der Waals surface area (Å²) in [6.07, 6.45) is 5.82. The van der Waals surface area contributed by atoms with E-state index < -0.39 is 0 Å². The Bertz CT molecular complexity index is 561. The Hall–Kier alpha value is -1.26. The maximum Gasteiger partial charge on any atom is 0.163 e. The van der Waals surface area contributed by atoms with Gasteiger partial charge in [0.25, 0.3) is 0 Å². The van der Waals surface area contributed by atoms with E-state index in [2.05, 4.69) is 9.38 Å². The van der Waals surface area contributed by atoms with Gasteiger partial charge in [0.05, 0.1) is 18.3 Å². The summed E-state index contributed by atoms with van der Waals surface area (Å²) in [4.78, 5) is 4.54. The molecule has 1 aliphatic heterocycles. The Morgan fingerprint density at radius 3 is 2.94 bits per heavy atom. The molecule has 4 nitrogen and oxygen atoms in total. The molecule has 3 heterocycles. The monoisotopic (exact) mass is 266 g/mol. The van der Waals surface area contributed by atoms with Gasteiger partial charge in [-0.05, 0) is 18.9 Å². The zero-order valence-electron chi connectivity index (χ0n) is 10.2. The van der Waals surface area contributed by atoms with Gasteiger partial charge in [-0.1, -0.05) is 11.6 Å². The normalized spacial score (nSPS) is 17.2. The lowest BCUT2D eigenvalue weighted by atomic mass is 10.00. The molecule has 0 radical (unpaired) electrons. The second kappa shape index (κ2) is 4.78. The van der Waals surface area contributed by atoms with Crippen molar-refractivity contribution in [1.82, 2.24) is 9.38 Å². The summed E-state index contributed by atoms with van der Waals surface area (Å²) >= 11 is 6.11. The number of halogens is 1. The molecule has 2 aromatic heterocycles. The van der Waals surface area contributed by atoms with E-state index in [1.54, 1.807) is 7.11 Å². The predicted molar refractivity (Wildman–Crippen MR) is 69.5 cm³/mol. The summed E-state index contributed by atoms with van der Waals surface area (Å²) in [6.45, 7) is 1.62. The average Bonchev–Trinajstić information content (AvgIpc) is 2.83. The van der Waals surface area contributed by atoms with Crippen molar-refractivity contribution in [3.05, 3.63) is 29.3 Å². The van der Waals surface area contributed by atoms with E-state index in [9.17, 15) is 0 Å². The van der Waals surface area contributed by atoms with Crippen molar-refractivity contribution < 1.29 is 9.47 Å². The molecule has 0 saturated carbocycles. The summed E-state index contributed by atoms with van der Waals surface area (Å²) in [6, 6.07) is 1.85. The standard InChI is InChI=1S/C13H15ClN2O2/c1-17-12-10(14)2-5-16-11(12)8-15-13(16)9-3-6-18-7-4-9/h2,5,8-9H,3-4,6-7H2,1H3. The highest BCUT2D eigenvalue weighted by Crippen LogP contribution is 2.33. The van der Waals surface area contributed by atoms with Gasteiger partial charge in [0.2, 0.25) is 0 Å². The fraction of sp³-hybridized carbons (Fsp3) is 0.462. The van der Waals surface area contributed by atoms with Gasteiger partial charge in [0.1, 0.15) is 11.3 Å². The third-order valence-electron chi connectivity index (χ3n) is 3.44. The number of hydrogen-bond acceptors (Lipinski definition) is 3. The van der Waals surface area contributed by atoms with Gasteiger partial charge in [-0.15, -0.1) is 0 Å². The van der Waals surface area contributed by atoms with Crippen LogP contribution >= 0.6 is 11.6 Å². The Labute approximate surface area is 110 Å². The third kappa shape index (κ3) is 1.85. The highest BCUT2D eigenvalue weighted by Gasteiger charge is 2.21. The second-order valence-corrected chi connectivity index (χ2v) is 4.86. The van der Waals surface area contributed by atoms with Gasteiger partial charge in [0, 0.05) is 25.3 Å². The zero-order chi connectivity index (χ0) is 12.5. The lowest BCUT2D eigenvalue weighted by Gasteiger charge is -2.21. The molecule has 0 N–H and O–H groups in total. The summed E-state index contributed by atoms with van der Waals surface area (Å²) < 4.78 is 12.8. The minimum absolute atomic E-state index is 0.451. The van der Waals surface area contributed by atoms with Crippen LogP contribution in [0.15, 0.2) is 18.5 Å². The number of nitrogens with zero attached hydrogens (tertiary/aromatic N) is 2. The topological polar surface area (TPSA) is 35.8 Å². The molecule has 3 rings (SSSR count). The molecule has 0 aliphatic carbocycles. The summed E-state index contributed by atoms with van der Waals surface area (Å²) in [5.41, 5.74) is 0.923. The van der Waals surface area contributed by atoms with Crippen LogP contribution in [0, 0.1) is 0 Å². The van der Waals surface area contributed by atoms with Crippen molar-refractivity contribution in [1.29, 1.82) is 0 Å². The Morgan fingerprint density at radius 2 is 2.22 bits per heavy atom. The molecule has 2 aromatic rings. The van der Waals surface area contributed by atoms with Crippen LogP contribution in [0.1, 0.15) is 24.6 Å². The molecule has 0 unspecified atom stereocenters. The molecule has 96 valence electrons. The number of rotatable bonds is 2. The number of fused-ring (bicyclic) bond motifs is 1. The van der Waals surface area contributed by atoms with Crippen LogP contribution in [0.25, 0.3) is 5.52 Å². The van der Waals surface area contributed by atoms with E-state index in [4.69, 9.17) is 21.1 Å². The molecule has 18 heavy (non-hydrogen) atoms. The van der Waals surface area contributed by atoms with Crippen LogP contribution < -0.4 is 4.74 Å². The smallest absolute Gasteiger partial charge is 0.163 e. The molecule has 1 saturated heterocycles. The van der Waals surface area contributed by atoms with Crippen molar-refractivity contribution in [3.8, 4) is 5.75 Å². The average molecular weight is 267 g/mol. The Morgan fingerprint density at radius 1 is 1.44 bits per heavy atom. The quantitative estimate of drug-likeness (QED) is 0.839. The molecule has 5 heteroatoms. The van der Waals surface area contributed by atoms with Crippen LogP contribution in [0.5, 0.6) is 5.75 Å². The largest absolute Gasteiger partial charge is 0.493 e. The van der Waals surface area contributed by atoms with Crippen LogP contribution in [0.3, 0.4) is 0 Å². The number of aromatic nitrogens is 2. The molecule has 0 spiro atoms. The van der Waals surface area contributed by atoms with E-state index in [0.717, 1.165) is 37.4 Å². The number of imidazole rings is 1. The third-order valence-corrected chi connectivity index (χ3v) is 3.73. The van der Waals surface area contributed by atoms with E-state index >= 15 is 0 Å². The van der Waals surface area contributed by atoms with Crippen molar-refractivity contribution in [2.24, 2.45) is 0 Å². The van der Waals surface area contributed by atoms with E-state index in [1.807, 2.05) is 18.5 Å². The lowest BCUT2D eigenvalue weighted by molar-refractivity contribution is 0.0835. The molecule has 0 aromatic carbocycles. The fourth-order valence-electron chi connectivity index (χ4n) is 2.50. The SMILES string of the molecule is COc1c(Cl)ccn2c(C3CCOCC3)ncc12. The maximum atomic E-state index is 6.11. The van der Waals surface area contributed by atoms with Crippen molar-refractivity contribution in [3.63, 3.8) is 0 Å². The van der Waals surface area contributed by atoms with E-state index in [0.29, 0.717) is 16.7 Å². The van der Waals surface area contributed by atoms with E-state index in [1.165, 1.54) is 0 Å². The molecule has 0 bridgehead atoms. The maximum absolute atomic E-state index is 6.11. The minimum atomic E-state index is 0.451. The first-order chi connectivity index (χ1) is 8.81. The van der Waals surface area contributed by atoms with Crippen LogP contribution in [-0.2, 0) is 4.74 Å². The highest BCUT2D eigenvalue weighted by atomic mass is 35.5. The summed E-state index contributed by atoms with van der Waals surface area (Å²) in [5, 5.41) is 0.614. The highest BCUT2D eigenvalue weighted by molar-refractivity contribution is 6.32. The second-order valence-electron chi connectivity index (χ2n) is 4.46. The van der Waals surface area contributed by atoms with Gasteiger partial charge >= 0.3 is 0 Å². The van der Waals surface area contributed by atoms with Crippen molar-refractivity contribution in [2.75, 3.05) is 20.3 Å². The molecular formula is C13H15ClN2O2. The van der Waals surface area contributed by atoms with Crippen molar-refractivity contribution >= 4 is 17.1 Å². The van der Waals surface area contributed by atoms with Crippen LogP contribution in [-0.4, -0.2) is 29.7 Å². The van der Waals surface area contributed by atoms with Gasteiger partial charge in [-0.2, -0.15) is 0 Å². The zero-order valence-corrected chi connectivity index (χ0v) is 11.0. The molecule has 0 amide bonds. The summed E-state index contributed by atoms with van der Waals surface area (Å²) in [7, 11) is 1.63. The van der Waals surface area contributed by atoms with Crippen LogP contribution in [0.4, 0.5) is 0 Å². The molecule has 1 aliphatic rings. The molecule has 0 atom stereocenters. The van der Waals surface area contributed by atoms with Gasteiger partial charge in [-0.3, -0.25) is 0 Å². The Balaban J connectivity index is 2.08. The van der Waals surface area contributed by atoms with Gasteiger partial charge in [-0.25, -0.2) is 4.98 Å². The first-order valence-corrected chi connectivity index (χ1v) is 6.46. The number of hydrogen-bond donors (Lipinski definition) is 0. The fourth-order valence-corrected chi connectivity index (χ4v) is 2.73. The lowest BCUT2D eigenvalue weighted by Crippen LogP contribution is -2.16. The Kier molecular flexibility index (Phi) is 3.14. The minimum Gasteiger partial charge on any atom is -0.493 e. The molecular weight excluding hydrogens is 252 g/mol. The van der Waals surface area contributed by atoms with Crippen LogP contribution in [0.2, 0.25) is 5.02 Å². The van der Waals surface area contributed by atoms with Gasteiger partial charge in [0.15, 0.2) is 5.75 Å². The van der Waals surface area contributed by atoms with Gasteiger partial charge < -0.3 is 13.9 Å². The number of pyridine rings is 1. The first-order valence-electron chi connectivity index (χ1n) is 6.08. The van der Waals surface area contributed by atoms with Crippen molar-refractivity contribution in [2.45, 2.75) is 18.8 Å². The molecule has 1 fully saturated rings. The van der Waals surface area contributed by atoms with E-state index in [-0.39, 0.29) is 0 Å².